The molecule has 2 aromatic carbocycles. The third-order valence-corrected chi connectivity index (χ3v) is 6.86. The molecule has 2 unspecified atom stereocenters. The van der Waals surface area contributed by atoms with E-state index in [2.05, 4.69) is 43.2 Å². The lowest BCUT2D eigenvalue weighted by Crippen LogP contribution is -2.46. The highest BCUT2D eigenvalue weighted by atomic mass is 16.3. The molecule has 1 heterocycles. The van der Waals surface area contributed by atoms with Crippen molar-refractivity contribution in [1.82, 2.24) is 10.2 Å². The van der Waals surface area contributed by atoms with Crippen molar-refractivity contribution >= 4 is 5.91 Å². The Morgan fingerprint density at radius 3 is 2.70 bits per heavy atom. The number of hydrogen-bond acceptors (Lipinski definition) is 3. The zero-order valence-electron chi connectivity index (χ0n) is 16.3. The number of likely N-dealkylation sites (N-methyl/N-ethyl adjacent to an activating group) is 1. The molecule has 4 nitrogen and oxygen atoms in total. The van der Waals surface area contributed by atoms with E-state index in [0.717, 1.165) is 13.0 Å². The molecule has 0 saturated heterocycles. The fourth-order valence-corrected chi connectivity index (χ4v) is 4.79. The Hall–Kier alpha value is -2.33. The lowest BCUT2D eigenvalue weighted by atomic mass is 9.93. The van der Waals surface area contributed by atoms with Crippen LogP contribution in [-0.2, 0) is 23.2 Å². The summed E-state index contributed by atoms with van der Waals surface area (Å²) in [6, 6.07) is 16.3. The van der Waals surface area contributed by atoms with E-state index in [4.69, 9.17) is 0 Å². The number of benzene rings is 2. The summed E-state index contributed by atoms with van der Waals surface area (Å²) in [5, 5.41) is 12.9. The van der Waals surface area contributed by atoms with Gasteiger partial charge >= 0.3 is 0 Å². The van der Waals surface area contributed by atoms with Crippen LogP contribution in [0.4, 0.5) is 0 Å². The average Bonchev–Trinajstić information content (AvgIpc) is 3.22. The van der Waals surface area contributed by atoms with Crippen molar-refractivity contribution in [3.8, 4) is 5.75 Å². The summed E-state index contributed by atoms with van der Waals surface area (Å²) >= 11 is 0. The number of rotatable bonds is 4. The maximum atomic E-state index is 12.9. The standard InChI is InChI=1S/C23H28N2O2/c1-15-21(23(15,2)18-7-5-4-6-8-18)22(27)24-13-19-11-16-9-10-20(26)12-17(16)14-25(19)3/h4-10,12,15,19,21,26H,11,13-14H2,1-3H3,(H,24,27)/t15?,19-,21?,23+/m0/s1. The zero-order chi connectivity index (χ0) is 19.2. The van der Waals surface area contributed by atoms with Gasteiger partial charge in [-0.3, -0.25) is 9.69 Å². The molecule has 4 atom stereocenters. The summed E-state index contributed by atoms with van der Waals surface area (Å²) in [6.45, 7) is 5.83. The van der Waals surface area contributed by atoms with Crippen molar-refractivity contribution in [2.45, 2.75) is 38.3 Å². The number of carbonyl (C=O) groups excluding carboxylic acids is 1. The molecular formula is C23H28N2O2. The third kappa shape index (κ3) is 3.12. The van der Waals surface area contributed by atoms with E-state index < -0.39 is 0 Å². The van der Waals surface area contributed by atoms with Gasteiger partial charge in [-0.15, -0.1) is 0 Å². The van der Waals surface area contributed by atoms with Gasteiger partial charge < -0.3 is 10.4 Å². The normalized spacial score (nSPS) is 29.8. The minimum atomic E-state index is -0.0616. The quantitative estimate of drug-likeness (QED) is 0.877. The van der Waals surface area contributed by atoms with Crippen LogP contribution in [0.5, 0.6) is 5.75 Å². The summed E-state index contributed by atoms with van der Waals surface area (Å²) in [5.74, 6) is 0.876. The number of phenolic OH excluding ortho intramolecular Hbond substituents is 1. The minimum Gasteiger partial charge on any atom is -0.508 e. The van der Waals surface area contributed by atoms with Crippen LogP contribution in [0.15, 0.2) is 48.5 Å². The number of hydrogen-bond donors (Lipinski definition) is 2. The van der Waals surface area contributed by atoms with Crippen molar-refractivity contribution in [2.75, 3.05) is 13.6 Å². The molecule has 0 aromatic heterocycles. The smallest absolute Gasteiger partial charge is 0.224 e. The molecule has 27 heavy (non-hydrogen) atoms. The SMILES string of the molecule is CC1C(C(=O)NC[C@@H]2Cc3ccc(O)cc3CN2C)[C@@]1(C)c1ccccc1. The molecule has 2 N–H and O–H groups in total. The monoisotopic (exact) mass is 364 g/mol. The molecule has 1 fully saturated rings. The Kier molecular flexibility index (Phi) is 4.47. The van der Waals surface area contributed by atoms with Crippen LogP contribution < -0.4 is 5.32 Å². The number of nitrogens with one attached hydrogen (secondary N) is 1. The van der Waals surface area contributed by atoms with Gasteiger partial charge in [0.25, 0.3) is 0 Å². The molecule has 0 spiro atoms. The number of carbonyl (C=O) groups is 1. The van der Waals surface area contributed by atoms with E-state index >= 15 is 0 Å². The third-order valence-electron chi connectivity index (χ3n) is 6.86. The minimum absolute atomic E-state index is 0.0398. The van der Waals surface area contributed by atoms with Gasteiger partial charge in [0.15, 0.2) is 0 Å². The largest absolute Gasteiger partial charge is 0.508 e. The lowest BCUT2D eigenvalue weighted by molar-refractivity contribution is -0.123. The van der Waals surface area contributed by atoms with Crippen LogP contribution in [0.2, 0.25) is 0 Å². The summed E-state index contributed by atoms with van der Waals surface area (Å²) in [4.78, 5) is 15.1. The second-order valence-corrected chi connectivity index (χ2v) is 8.39. The molecule has 0 radical (unpaired) electrons. The van der Waals surface area contributed by atoms with E-state index in [1.165, 1.54) is 16.7 Å². The highest BCUT2D eigenvalue weighted by Crippen LogP contribution is 2.59. The maximum absolute atomic E-state index is 12.9. The van der Waals surface area contributed by atoms with Crippen LogP contribution in [0, 0.1) is 11.8 Å². The first-order chi connectivity index (χ1) is 12.9. The molecule has 4 heteroatoms. The first kappa shape index (κ1) is 18.1. The van der Waals surface area contributed by atoms with E-state index in [1.54, 1.807) is 6.07 Å². The van der Waals surface area contributed by atoms with Crippen molar-refractivity contribution in [3.05, 3.63) is 65.2 Å². The summed E-state index contributed by atoms with van der Waals surface area (Å²) in [6.07, 6.45) is 0.891. The van der Waals surface area contributed by atoms with Crippen LogP contribution in [0.1, 0.15) is 30.5 Å². The molecule has 142 valence electrons. The van der Waals surface area contributed by atoms with E-state index in [-0.39, 0.29) is 23.3 Å². The molecule has 0 bridgehead atoms. The van der Waals surface area contributed by atoms with Gasteiger partial charge in [0, 0.05) is 24.5 Å². The zero-order valence-corrected chi connectivity index (χ0v) is 16.3. The number of amides is 1. The van der Waals surface area contributed by atoms with Crippen LogP contribution in [0.25, 0.3) is 0 Å². The second kappa shape index (κ2) is 6.68. The fourth-order valence-electron chi connectivity index (χ4n) is 4.79. The molecular weight excluding hydrogens is 336 g/mol. The first-order valence-electron chi connectivity index (χ1n) is 9.75. The Morgan fingerprint density at radius 1 is 1.22 bits per heavy atom. The van der Waals surface area contributed by atoms with Gasteiger partial charge in [0.05, 0.1) is 5.92 Å². The highest BCUT2D eigenvalue weighted by molar-refractivity contribution is 5.85. The molecule has 1 aliphatic heterocycles. The molecule has 1 saturated carbocycles. The van der Waals surface area contributed by atoms with Crippen LogP contribution in [-0.4, -0.2) is 35.5 Å². The van der Waals surface area contributed by atoms with Crippen molar-refractivity contribution < 1.29 is 9.90 Å². The van der Waals surface area contributed by atoms with E-state index in [9.17, 15) is 9.90 Å². The number of phenols is 1. The summed E-state index contributed by atoms with van der Waals surface area (Å²) < 4.78 is 0. The molecule has 4 rings (SSSR count). The molecule has 2 aromatic rings. The van der Waals surface area contributed by atoms with Gasteiger partial charge in [-0.25, -0.2) is 0 Å². The number of nitrogens with zero attached hydrogens (tertiary/aromatic N) is 1. The van der Waals surface area contributed by atoms with E-state index in [1.807, 2.05) is 30.3 Å². The van der Waals surface area contributed by atoms with Gasteiger partial charge in [-0.05, 0) is 48.2 Å². The molecule has 1 aliphatic carbocycles. The second-order valence-electron chi connectivity index (χ2n) is 8.39. The van der Waals surface area contributed by atoms with Crippen molar-refractivity contribution in [1.29, 1.82) is 0 Å². The van der Waals surface area contributed by atoms with E-state index in [0.29, 0.717) is 18.2 Å². The number of aromatic hydroxyl groups is 1. The summed E-state index contributed by atoms with van der Waals surface area (Å²) in [5.41, 5.74) is 3.63. The van der Waals surface area contributed by atoms with Gasteiger partial charge in [-0.1, -0.05) is 50.2 Å². The predicted molar refractivity (Wildman–Crippen MR) is 107 cm³/mol. The van der Waals surface area contributed by atoms with Crippen LogP contribution >= 0.6 is 0 Å². The van der Waals surface area contributed by atoms with Crippen molar-refractivity contribution in [2.24, 2.45) is 11.8 Å². The topological polar surface area (TPSA) is 52.6 Å². The number of fused-ring (bicyclic) bond motifs is 1. The predicted octanol–water partition coefficient (Wildman–Crippen LogP) is 3.09. The Labute approximate surface area is 161 Å². The summed E-state index contributed by atoms with van der Waals surface area (Å²) in [7, 11) is 2.08. The maximum Gasteiger partial charge on any atom is 0.224 e. The average molecular weight is 364 g/mol. The Morgan fingerprint density at radius 2 is 1.96 bits per heavy atom. The van der Waals surface area contributed by atoms with Gasteiger partial charge in [-0.2, -0.15) is 0 Å². The Balaban J connectivity index is 1.39. The Bertz CT molecular complexity index is 851. The first-order valence-corrected chi connectivity index (χ1v) is 9.75. The molecule has 1 amide bonds. The van der Waals surface area contributed by atoms with Crippen molar-refractivity contribution in [3.63, 3.8) is 0 Å². The lowest BCUT2D eigenvalue weighted by Gasteiger charge is -2.34. The fraction of sp³-hybridized carbons (Fsp3) is 0.435. The van der Waals surface area contributed by atoms with Gasteiger partial charge in [0.1, 0.15) is 5.75 Å². The molecule has 2 aliphatic rings. The van der Waals surface area contributed by atoms with Crippen LogP contribution in [0.3, 0.4) is 0 Å². The van der Waals surface area contributed by atoms with Gasteiger partial charge in [0.2, 0.25) is 5.91 Å². The highest BCUT2D eigenvalue weighted by Gasteiger charge is 2.62.